The highest BCUT2D eigenvalue weighted by Gasteiger charge is 2.17. The second-order valence-electron chi connectivity index (χ2n) is 4.88. The van der Waals surface area contributed by atoms with Gasteiger partial charge in [0.25, 0.3) is 0 Å². The first-order valence-electron chi connectivity index (χ1n) is 6.86. The molecule has 0 unspecified atom stereocenters. The molecule has 1 aromatic carbocycles. The Kier molecular flexibility index (Phi) is 2.75. The van der Waals surface area contributed by atoms with Gasteiger partial charge >= 0.3 is 0 Å². The number of H-pyrrole nitrogens is 1. The molecule has 2 aliphatic heterocycles. The zero-order valence-electron chi connectivity index (χ0n) is 11.3. The van der Waals surface area contributed by atoms with E-state index in [1.54, 1.807) is 6.21 Å². The van der Waals surface area contributed by atoms with E-state index < -0.39 is 0 Å². The Morgan fingerprint density at radius 3 is 2.52 bits per heavy atom. The van der Waals surface area contributed by atoms with Crippen LogP contribution in [-0.4, -0.2) is 16.9 Å². The first-order chi connectivity index (χ1) is 10.4. The highest BCUT2D eigenvalue weighted by atomic mass is 14.8. The standard InChI is InChI=1S/C18H13N3/c1-2-5-13(6-3-1)15-8-9-17(21-15)18-14(10-12-20-18)16-7-4-11-19-16/h1-12,21H. The van der Waals surface area contributed by atoms with Gasteiger partial charge in [-0.25, -0.2) is 0 Å². The number of nitrogens with one attached hydrogen (secondary N) is 1. The fourth-order valence-corrected chi connectivity index (χ4v) is 2.54. The highest BCUT2D eigenvalue weighted by Crippen LogP contribution is 2.25. The SMILES string of the molecule is C1=CC(=C2C=CN=C2c2ccc(-c3ccccc3)[nH]2)N=C1. The van der Waals surface area contributed by atoms with Crippen LogP contribution in [0.4, 0.5) is 0 Å². The summed E-state index contributed by atoms with van der Waals surface area (Å²) < 4.78 is 0. The second kappa shape index (κ2) is 4.87. The number of nitrogens with zero attached hydrogens (tertiary/aromatic N) is 2. The molecule has 0 atom stereocenters. The lowest BCUT2D eigenvalue weighted by Crippen LogP contribution is -2.02. The monoisotopic (exact) mass is 271 g/mol. The summed E-state index contributed by atoms with van der Waals surface area (Å²) in [5.41, 5.74) is 6.23. The van der Waals surface area contributed by atoms with Crippen LogP contribution in [0.3, 0.4) is 0 Å². The molecular weight excluding hydrogens is 258 g/mol. The van der Waals surface area contributed by atoms with Gasteiger partial charge in [0.05, 0.1) is 17.1 Å². The average molecular weight is 271 g/mol. The Morgan fingerprint density at radius 2 is 1.71 bits per heavy atom. The van der Waals surface area contributed by atoms with Crippen LogP contribution < -0.4 is 0 Å². The molecule has 2 aliphatic rings. The summed E-state index contributed by atoms with van der Waals surface area (Å²) >= 11 is 0. The summed E-state index contributed by atoms with van der Waals surface area (Å²) in [5, 5.41) is 0. The summed E-state index contributed by atoms with van der Waals surface area (Å²) in [6, 6.07) is 14.4. The van der Waals surface area contributed by atoms with Crippen molar-refractivity contribution in [2.24, 2.45) is 9.98 Å². The van der Waals surface area contributed by atoms with E-state index in [0.717, 1.165) is 28.4 Å². The zero-order chi connectivity index (χ0) is 14.1. The molecule has 21 heavy (non-hydrogen) atoms. The van der Waals surface area contributed by atoms with E-state index in [2.05, 4.69) is 39.2 Å². The first-order valence-corrected chi connectivity index (χ1v) is 6.86. The maximum absolute atomic E-state index is 4.48. The van der Waals surface area contributed by atoms with E-state index in [9.17, 15) is 0 Å². The van der Waals surface area contributed by atoms with Crippen molar-refractivity contribution in [3.63, 3.8) is 0 Å². The number of aromatic amines is 1. The number of aromatic nitrogens is 1. The molecule has 0 radical (unpaired) electrons. The van der Waals surface area contributed by atoms with Gasteiger partial charge in [-0.15, -0.1) is 0 Å². The third-order valence-electron chi connectivity index (χ3n) is 3.56. The smallest absolute Gasteiger partial charge is 0.0958 e. The molecule has 2 aromatic rings. The van der Waals surface area contributed by atoms with Gasteiger partial charge in [0.1, 0.15) is 0 Å². The molecule has 0 spiro atoms. The topological polar surface area (TPSA) is 40.5 Å². The van der Waals surface area contributed by atoms with Crippen LogP contribution in [-0.2, 0) is 0 Å². The number of benzene rings is 1. The molecular formula is C18H13N3. The van der Waals surface area contributed by atoms with Gasteiger partial charge in [-0.3, -0.25) is 9.98 Å². The number of aliphatic imine (C=N–C) groups is 2. The average Bonchev–Trinajstić information content (AvgIpc) is 3.27. The predicted molar refractivity (Wildman–Crippen MR) is 86.6 cm³/mol. The number of allylic oxidation sites excluding steroid dienone is 4. The summed E-state index contributed by atoms with van der Waals surface area (Å²) in [4.78, 5) is 12.3. The molecule has 3 nitrogen and oxygen atoms in total. The van der Waals surface area contributed by atoms with Crippen LogP contribution in [0.15, 0.2) is 88.1 Å². The maximum atomic E-state index is 4.48. The largest absolute Gasteiger partial charge is 0.353 e. The summed E-state index contributed by atoms with van der Waals surface area (Å²) in [6.45, 7) is 0. The third kappa shape index (κ3) is 2.09. The molecule has 3 heteroatoms. The summed E-state index contributed by atoms with van der Waals surface area (Å²) in [7, 11) is 0. The Labute approximate surface area is 122 Å². The second-order valence-corrected chi connectivity index (χ2v) is 4.88. The number of rotatable bonds is 2. The molecule has 4 rings (SSSR count). The van der Waals surface area contributed by atoms with E-state index in [1.807, 2.05) is 42.6 Å². The van der Waals surface area contributed by atoms with Crippen LogP contribution in [0.25, 0.3) is 11.3 Å². The minimum atomic E-state index is 0.941. The van der Waals surface area contributed by atoms with Crippen LogP contribution >= 0.6 is 0 Å². The molecule has 3 heterocycles. The van der Waals surface area contributed by atoms with Crippen molar-refractivity contribution in [1.82, 2.24) is 4.98 Å². The molecule has 1 aromatic heterocycles. The Hall–Kier alpha value is -2.94. The molecule has 0 amide bonds. The highest BCUT2D eigenvalue weighted by molar-refractivity contribution is 6.16. The van der Waals surface area contributed by atoms with Crippen molar-refractivity contribution in [2.75, 3.05) is 0 Å². The van der Waals surface area contributed by atoms with Crippen molar-refractivity contribution in [2.45, 2.75) is 0 Å². The Bertz CT molecular complexity index is 816. The van der Waals surface area contributed by atoms with Crippen molar-refractivity contribution in [1.29, 1.82) is 0 Å². The third-order valence-corrected chi connectivity index (χ3v) is 3.56. The van der Waals surface area contributed by atoms with Crippen molar-refractivity contribution in [3.8, 4) is 11.3 Å². The van der Waals surface area contributed by atoms with Crippen molar-refractivity contribution < 1.29 is 0 Å². The van der Waals surface area contributed by atoms with Crippen LogP contribution in [0.2, 0.25) is 0 Å². The minimum Gasteiger partial charge on any atom is -0.353 e. The van der Waals surface area contributed by atoms with E-state index >= 15 is 0 Å². The zero-order valence-corrected chi connectivity index (χ0v) is 11.3. The van der Waals surface area contributed by atoms with Gasteiger partial charge in [-0.05, 0) is 35.9 Å². The quantitative estimate of drug-likeness (QED) is 0.861. The lowest BCUT2D eigenvalue weighted by Gasteiger charge is -2.03. The fraction of sp³-hybridized carbons (Fsp3) is 0. The van der Waals surface area contributed by atoms with E-state index in [1.165, 1.54) is 5.56 Å². The van der Waals surface area contributed by atoms with Gasteiger partial charge in [0.15, 0.2) is 0 Å². The van der Waals surface area contributed by atoms with Crippen LogP contribution in [0, 0.1) is 0 Å². The normalized spacial score (nSPS) is 19.5. The molecule has 0 bridgehead atoms. The minimum absolute atomic E-state index is 0.941. The van der Waals surface area contributed by atoms with E-state index in [4.69, 9.17) is 0 Å². The summed E-state index contributed by atoms with van der Waals surface area (Å²) in [5.74, 6) is 0. The lowest BCUT2D eigenvalue weighted by atomic mass is 10.1. The van der Waals surface area contributed by atoms with E-state index in [0.29, 0.717) is 0 Å². The van der Waals surface area contributed by atoms with Gasteiger partial charge in [-0.2, -0.15) is 0 Å². The molecule has 0 fully saturated rings. The fourth-order valence-electron chi connectivity index (χ4n) is 2.54. The first kappa shape index (κ1) is 11.9. The van der Waals surface area contributed by atoms with Gasteiger partial charge in [0.2, 0.25) is 0 Å². The molecule has 0 aliphatic carbocycles. The molecule has 1 N–H and O–H groups in total. The van der Waals surface area contributed by atoms with Gasteiger partial charge in [0, 0.05) is 23.7 Å². The molecule has 100 valence electrons. The predicted octanol–water partition coefficient (Wildman–Crippen LogP) is 3.89. The van der Waals surface area contributed by atoms with Crippen molar-refractivity contribution >= 4 is 11.9 Å². The Balaban J connectivity index is 1.73. The summed E-state index contributed by atoms with van der Waals surface area (Å²) in [6.07, 6.45) is 9.57. The molecule has 0 saturated carbocycles. The van der Waals surface area contributed by atoms with Crippen LogP contribution in [0.5, 0.6) is 0 Å². The number of hydrogen-bond acceptors (Lipinski definition) is 2. The maximum Gasteiger partial charge on any atom is 0.0958 e. The van der Waals surface area contributed by atoms with Crippen molar-refractivity contribution in [3.05, 3.63) is 83.9 Å². The molecule has 0 saturated heterocycles. The van der Waals surface area contributed by atoms with Crippen LogP contribution in [0.1, 0.15) is 5.69 Å². The van der Waals surface area contributed by atoms with Gasteiger partial charge in [-0.1, -0.05) is 30.3 Å². The number of hydrogen-bond donors (Lipinski definition) is 1. The van der Waals surface area contributed by atoms with E-state index in [-0.39, 0.29) is 0 Å². The lowest BCUT2D eigenvalue weighted by molar-refractivity contribution is 1.35. The Morgan fingerprint density at radius 1 is 0.857 bits per heavy atom. The van der Waals surface area contributed by atoms with Gasteiger partial charge < -0.3 is 4.98 Å².